The van der Waals surface area contributed by atoms with Crippen LogP contribution in [0.2, 0.25) is 58.9 Å². The fraction of sp³-hybridized carbons (Fsp3) is 0.667. The molecule has 4 rings (SSSR count). The average molecular weight is 703 g/mol. The SMILES string of the molecule is COC(=O)C1=C(/C=C(\O)c2ccccc2)O[C@]2(C)[C@@H](O[Si](C)(C)C)C[C@H]3[C@](C)(CO[Si](C)(C)C)[C@@H](O[Si](C)(C)C)CC[C@]3(C)[C@H]2C1=O. The molecule has 262 valence electrons. The van der Waals surface area contributed by atoms with Crippen LogP contribution < -0.4 is 0 Å². The first-order valence-electron chi connectivity index (χ1n) is 17.0. The van der Waals surface area contributed by atoms with Gasteiger partial charge in [0.1, 0.15) is 22.7 Å². The smallest absolute Gasteiger partial charge is 0.345 e. The van der Waals surface area contributed by atoms with Crippen LogP contribution in [0.15, 0.2) is 47.7 Å². The minimum atomic E-state index is -2.19. The first-order valence-corrected chi connectivity index (χ1v) is 27.2. The van der Waals surface area contributed by atoms with E-state index in [1.807, 2.05) is 25.1 Å². The maximum absolute atomic E-state index is 15.1. The Hall–Kier alpha value is -2.03. The highest BCUT2D eigenvalue weighted by molar-refractivity contribution is 6.70. The molecule has 2 aliphatic carbocycles. The summed E-state index contributed by atoms with van der Waals surface area (Å²) in [5, 5.41) is 11.2. The lowest BCUT2D eigenvalue weighted by Crippen LogP contribution is -2.72. The average Bonchev–Trinajstić information content (AvgIpc) is 2.93. The summed E-state index contributed by atoms with van der Waals surface area (Å²) < 4.78 is 32.8. The van der Waals surface area contributed by atoms with Crippen molar-refractivity contribution in [2.45, 2.75) is 117 Å². The summed E-state index contributed by atoms with van der Waals surface area (Å²) >= 11 is 0. The number of ketones is 1. The second-order valence-electron chi connectivity index (χ2n) is 17.4. The van der Waals surface area contributed by atoms with Gasteiger partial charge in [-0.05, 0) is 96.4 Å². The molecule has 11 heteroatoms. The number of allylic oxidation sites excluding steroid dienone is 1. The molecule has 0 unspecified atom stereocenters. The first-order chi connectivity index (χ1) is 21.4. The van der Waals surface area contributed by atoms with Crippen LogP contribution in [0, 0.1) is 22.7 Å². The van der Waals surface area contributed by atoms with Crippen LogP contribution in [-0.4, -0.2) is 73.3 Å². The number of rotatable bonds is 10. The van der Waals surface area contributed by atoms with Gasteiger partial charge in [0.05, 0.1) is 25.2 Å². The van der Waals surface area contributed by atoms with Gasteiger partial charge in [0.2, 0.25) is 0 Å². The first kappa shape index (κ1) is 37.8. The van der Waals surface area contributed by atoms with E-state index in [0.717, 1.165) is 12.8 Å². The molecular formula is C36H58O8Si3. The van der Waals surface area contributed by atoms with Gasteiger partial charge in [0, 0.05) is 23.7 Å². The predicted molar refractivity (Wildman–Crippen MR) is 193 cm³/mol. The molecule has 8 nitrogen and oxygen atoms in total. The Kier molecular flexibility index (Phi) is 10.5. The third kappa shape index (κ3) is 7.75. The van der Waals surface area contributed by atoms with Gasteiger partial charge in [-0.1, -0.05) is 44.2 Å². The number of carbonyl (C=O) groups excluding carboxylic acids is 2. The van der Waals surface area contributed by atoms with E-state index in [-0.39, 0.29) is 34.9 Å². The normalized spacial score (nSPS) is 33.6. The van der Waals surface area contributed by atoms with E-state index in [9.17, 15) is 9.90 Å². The molecule has 7 atom stereocenters. The molecule has 1 N–H and O–H groups in total. The Bertz CT molecular complexity index is 1410. The Balaban J connectivity index is 1.95. The van der Waals surface area contributed by atoms with Crippen LogP contribution in [0.5, 0.6) is 0 Å². The van der Waals surface area contributed by atoms with Gasteiger partial charge >= 0.3 is 5.97 Å². The van der Waals surface area contributed by atoms with Gasteiger partial charge < -0.3 is 27.9 Å². The topological polar surface area (TPSA) is 101 Å². The number of aliphatic hydroxyl groups excluding tert-OH is 1. The van der Waals surface area contributed by atoms with Crippen LogP contribution in [0.4, 0.5) is 0 Å². The summed E-state index contributed by atoms with van der Waals surface area (Å²) in [6.07, 6.45) is 3.01. The van der Waals surface area contributed by atoms with E-state index in [0.29, 0.717) is 18.6 Å². The van der Waals surface area contributed by atoms with E-state index in [1.165, 1.54) is 13.2 Å². The molecule has 2 fully saturated rings. The zero-order chi connectivity index (χ0) is 35.4. The number of methoxy groups -OCH3 is 1. The van der Waals surface area contributed by atoms with Gasteiger partial charge in [-0.2, -0.15) is 0 Å². The van der Waals surface area contributed by atoms with Crippen LogP contribution in [0.1, 0.15) is 45.6 Å². The van der Waals surface area contributed by atoms with E-state index < -0.39 is 59.4 Å². The minimum absolute atomic E-state index is 0.00811. The molecule has 0 spiro atoms. The summed E-state index contributed by atoms with van der Waals surface area (Å²) in [6, 6.07) is 8.99. The van der Waals surface area contributed by atoms with Crippen molar-refractivity contribution in [1.29, 1.82) is 0 Å². The van der Waals surface area contributed by atoms with Crippen molar-refractivity contribution in [2.75, 3.05) is 13.7 Å². The lowest BCUT2D eigenvalue weighted by atomic mass is 9.43. The third-order valence-corrected chi connectivity index (χ3v) is 13.2. The van der Waals surface area contributed by atoms with Crippen LogP contribution in [0.3, 0.4) is 0 Å². The summed E-state index contributed by atoms with van der Waals surface area (Å²) in [4.78, 5) is 28.5. The zero-order valence-corrected chi connectivity index (χ0v) is 33.9. The molecule has 2 saturated carbocycles. The lowest BCUT2D eigenvalue weighted by Gasteiger charge is -2.66. The fourth-order valence-electron chi connectivity index (χ4n) is 8.33. The minimum Gasteiger partial charge on any atom is -0.507 e. The molecule has 0 aromatic heterocycles. The quantitative estimate of drug-likeness (QED) is 0.113. The van der Waals surface area contributed by atoms with Crippen molar-refractivity contribution in [3.8, 4) is 0 Å². The molecule has 1 aromatic carbocycles. The summed E-state index contributed by atoms with van der Waals surface area (Å²) in [5.74, 6) is -1.94. The maximum atomic E-state index is 15.1. The molecule has 47 heavy (non-hydrogen) atoms. The third-order valence-electron chi connectivity index (χ3n) is 10.2. The van der Waals surface area contributed by atoms with Crippen molar-refractivity contribution >= 4 is 42.5 Å². The Morgan fingerprint density at radius 2 is 1.51 bits per heavy atom. The number of esters is 1. The van der Waals surface area contributed by atoms with E-state index in [1.54, 1.807) is 12.1 Å². The standard InChI is InChI=1S/C36H58O8Si3/c1-34-20-19-28(43-46(8,9)10)35(2,23-41-45(5,6)7)27(34)22-29(44-47(11,12)13)36(3)32(34)31(38)30(33(39)40-4)26(42-36)21-25(37)24-17-15-14-16-18-24/h14-18,21,27-29,32,37H,19-20,22-23H2,1-13H3/b25-21-/t27-,28+,29+,32-,34+,35+,36-/m1/s1. The predicted octanol–water partition coefficient (Wildman–Crippen LogP) is 8.10. The molecule has 1 heterocycles. The molecule has 0 radical (unpaired) electrons. The second-order valence-corrected chi connectivity index (χ2v) is 30.8. The van der Waals surface area contributed by atoms with Gasteiger partial charge in [-0.15, -0.1) is 0 Å². The van der Waals surface area contributed by atoms with Gasteiger partial charge in [-0.3, -0.25) is 4.79 Å². The monoisotopic (exact) mass is 702 g/mol. The highest BCUT2D eigenvalue weighted by atomic mass is 28.4. The number of Topliss-reactive ketones (excluding diaryl/α,β-unsaturated/α-hetero) is 1. The number of hydrogen-bond donors (Lipinski definition) is 1. The van der Waals surface area contributed by atoms with Gasteiger partial charge in [0.15, 0.2) is 30.7 Å². The number of carbonyl (C=O) groups is 2. The number of aliphatic hydroxyl groups is 1. The van der Waals surface area contributed by atoms with Crippen molar-refractivity contribution in [3.05, 3.63) is 53.3 Å². The second kappa shape index (κ2) is 13.0. The molecule has 0 amide bonds. The molecule has 3 aliphatic rings. The Morgan fingerprint density at radius 1 is 0.936 bits per heavy atom. The van der Waals surface area contributed by atoms with Crippen molar-refractivity contribution in [3.63, 3.8) is 0 Å². The molecule has 0 saturated heterocycles. The number of fused-ring (bicyclic) bond motifs is 3. The van der Waals surface area contributed by atoms with Crippen LogP contribution in [-0.2, 0) is 32.3 Å². The molecule has 1 aromatic rings. The fourth-order valence-corrected chi connectivity index (χ4v) is 11.5. The highest BCUT2D eigenvalue weighted by Crippen LogP contribution is 2.66. The summed E-state index contributed by atoms with van der Waals surface area (Å²) in [7, 11) is -4.79. The molecular weight excluding hydrogens is 645 g/mol. The van der Waals surface area contributed by atoms with Gasteiger partial charge in [-0.25, -0.2) is 4.79 Å². The Labute approximate surface area is 285 Å². The van der Waals surface area contributed by atoms with Crippen LogP contribution >= 0.6 is 0 Å². The van der Waals surface area contributed by atoms with Crippen molar-refractivity contribution in [1.82, 2.24) is 0 Å². The summed E-state index contributed by atoms with van der Waals surface area (Å²) in [5.41, 5.74) is -1.74. The zero-order valence-electron chi connectivity index (χ0n) is 30.9. The van der Waals surface area contributed by atoms with Crippen molar-refractivity contribution in [2.24, 2.45) is 22.7 Å². The largest absolute Gasteiger partial charge is 0.507 e. The van der Waals surface area contributed by atoms with E-state index in [2.05, 4.69) is 72.8 Å². The Morgan fingerprint density at radius 3 is 2.04 bits per heavy atom. The summed E-state index contributed by atoms with van der Waals surface area (Å²) in [6.45, 7) is 26.7. The van der Waals surface area contributed by atoms with Gasteiger partial charge in [0.25, 0.3) is 0 Å². The lowest BCUT2D eigenvalue weighted by molar-refractivity contribution is -0.240. The van der Waals surface area contributed by atoms with Crippen molar-refractivity contribution < 1.29 is 37.4 Å². The number of hydrogen-bond acceptors (Lipinski definition) is 8. The van der Waals surface area contributed by atoms with E-state index >= 15 is 4.79 Å². The molecule has 1 aliphatic heterocycles. The maximum Gasteiger partial charge on any atom is 0.345 e. The highest BCUT2D eigenvalue weighted by Gasteiger charge is 2.70. The molecule has 0 bridgehead atoms. The van der Waals surface area contributed by atoms with E-state index in [4.69, 9.17) is 22.8 Å². The van der Waals surface area contributed by atoms with Crippen LogP contribution in [0.25, 0.3) is 5.76 Å². The number of benzene rings is 1. The number of ether oxygens (including phenoxy) is 2.